The first kappa shape index (κ1) is 25.6. The monoisotopic (exact) mass is 555 g/mol. The van der Waals surface area contributed by atoms with E-state index in [-0.39, 0.29) is 22.9 Å². The Hall–Kier alpha value is -5.37. The van der Waals surface area contributed by atoms with Gasteiger partial charge < -0.3 is 10.2 Å². The van der Waals surface area contributed by atoms with Crippen molar-refractivity contribution in [2.75, 3.05) is 5.32 Å². The normalized spacial score (nSPS) is 23.2. The molecule has 8 nitrogen and oxygen atoms in total. The van der Waals surface area contributed by atoms with Crippen molar-refractivity contribution in [3.05, 3.63) is 147 Å². The number of nitrogens with one attached hydrogen (secondary N) is 1. The van der Waals surface area contributed by atoms with Crippen molar-refractivity contribution in [3.63, 3.8) is 0 Å². The average Bonchev–Trinajstić information content (AvgIpc) is 3.49. The van der Waals surface area contributed by atoms with Crippen molar-refractivity contribution in [2.24, 2.45) is 5.92 Å². The first-order chi connectivity index (χ1) is 20.3. The van der Waals surface area contributed by atoms with Crippen LogP contribution in [-0.4, -0.2) is 33.3 Å². The first-order valence-electron chi connectivity index (χ1n) is 13.7. The number of Topliss-reactive ketones (excluding diaryl/α,β-unsaturated/α-hetero) is 2. The summed E-state index contributed by atoms with van der Waals surface area (Å²) in [5, 5.41) is 14.6. The Labute approximate surface area is 241 Å². The number of carbonyl (C=O) groups excluding carboxylic acids is 3. The van der Waals surface area contributed by atoms with E-state index < -0.39 is 34.1 Å². The molecular weight excluding hydrogens is 530 g/mol. The molecule has 1 N–H and O–H groups in total. The van der Waals surface area contributed by atoms with Gasteiger partial charge in [-0.15, -0.1) is 0 Å². The molecule has 42 heavy (non-hydrogen) atoms. The van der Waals surface area contributed by atoms with E-state index in [1.165, 1.54) is 24.3 Å². The smallest absolute Gasteiger partial charge is 0.270 e. The molecule has 4 atom stereocenters. The summed E-state index contributed by atoms with van der Waals surface area (Å²) in [4.78, 5) is 56.6. The molecule has 0 saturated carbocycles. The molecule has 1 fully saturated rings. The van der Waals surface area contributed by atoms with Gasteiger partial charge in [-0.2, -0.15) is 0 Å². The molecular formula is C34H25N3O5. The highest BCUT2D eigenvalue weighted by Crippen LogP contribution is 2.62. The molecule has 0 unspecified atom stereocenters. The predicted molar refractivity (Wildman–Crippen MR) is 157 cm³/mol. The van der Waals surface area contributed by atoms with Crippen molar-refractivity contribution < 1.29 is 19.3 Å². The van der Waals surface area contributed by atoms with Crippen LogP contribution in [0, 0.1) is 23.0 Å². The Balaban J connectivity index is 1.53. The van der Waals surface area contributed by atoms with Gasteiger partial charge in [0.15, 0.2) is 11.6 Å². The minimum absolute atomic E-state index is 0.102. The molecule has 0 radical (unpaired) electrons. The molecule has 0 aromatic heterocycles. The van der Waals surface area contributed by atoms with E-state index in [4.69, 9.17) is 0 Å². The molecule has 0 bridgehead atoms. The van der Waals surface area contributed by atoms with Gasteiger partial charge in [-0.1, -0.05) is 84.4 Å². The Bertz CT molecular complexity index is 1850. The molecule has 3 aliphatic rings. The van der Waals surface area contributed by atoms with E-state index in [1.807, 2.05) is 72.5 Å². The summed E-state index contributed by atoms with van der Waals surface area (Å²) in [5.74, 6) is -2.31. The summed E-state index contributed by atoms with van der Waals surface area (Å²) in [6, 6.07) is 25.8. The third-order valence-corrected chi connectivity index (χ3v) is 8.80. The molecule has 206 valence electrons. The zero-order chi connectivity index (χ0) is 29.2. The van der Waals surface area contributed by atoms with E-state index >= 15 is 0 Å². The maximum absolute atomic E-state index is 14.8. The quantitative estimate of drug-likeness (QED) is 0.187. The van der Waals surface area contributed by atoms with E-state index in [0.717, 1.165) is 16.7 Å². The zero-order valence-electron chi connectivity index (χ0n) is 22.6. The lowest BCUT2D eigenvalue weighted by Crippen LogP contribution is -2.49. The first-order valence-corrected chi connectivity index (χ1v) is 13.7. The Morgan fingerprint density at radius 3 is 2.40 bits per heavy atom. The lowest BCUT2D eigenvalue weighted by Gasteiger charge is -2.38. The van der Waals surface area contributed by atoms with Gasteiger partial charge in [-0.05, 0) is 35.8 Å². The molecule has 3 heterocycles. The van der Waals surface area contributed by atoms with Crippen LogP contribution in [0.4, 0.5) is 11.4 Å². The standard InChI is InChI=1S/C34H25N3O5/c1-20-13-15-22(16-14-20)30(38)28-29(31(39)23-8-6-9-24(19-23)37(41)42)36-18-17-21-7-2-3-10-25(21)32(36)34(28)26-11-4-5-12-27(26)35-33(34)40/h2-19,28-29,32H,1H3,(H,35,40)/t28-,29+,32+,34-/m0/s1. The molecule has 7 rings (SSSR count). The molecule has 8 heteroatoms. The van der Waals surface area contributed by atoms with Crippen LogP contribution in [0.5, 0.6) is 0 Å². The predicted octanol–water partition coefficient (Wildman–Crippen LogP) is 5.88. The summed E-state index contributed by atoms with van der Waals surface area (Å²) < 4.78 is 0. The highest BCUT2D eigenvalue weighted by Gasteiger charge is 2.70. The third-order valence-electron chi connectivity index (χ3n) is 8.80. The Kier molecular flexibility index (Phi) is 5.69. The van der Waals surface area contributed by atoms with Crippen LogP contribution in [-0.2, 0) is 10.2 Å². The molecule has 4 aromatic rings. The maximum Gasteiger partial charge on any atom is 0.270 e. The topological polar surface area (TPSA) is 110 Å². The number of benzene rings is 4. The number of nitrogens with zero attached hydrogens (tertiary/aromatic N) is 2. The molecule has 0 aliphatic carbocycles. The van der Waals surface area contributed by atoms with Crippen molar-refractivity contribution >= 4 is 34.9 Å². The fourth-order valence-corrected chi connectivity index (χ4v) is 7.01. The fraction of sp³-hybridized carbons (Fsp3) is 0.147. The number of hydrogen-bond donors (Lipinski definition) is 1. The summed E-state index contributed by atoms with van der Waals surface area (Å²) in [6.07, 6.45) is 3.66. The van der Waals surface area contributed by atoms with Gasteiger partial charge in [0, 0.05) is 35.1 Å². The number of fused-ring (bicyclic) bond motifs is 6. The number of nitro benzene ring substituents is 1. The number of aryl methyl sites for hydroxylation is 1. The van der Waals surface area contributed by atoms with E-state index in [9.17, 15) is 24.5 Å². The maximum atomic E-state index is 14.8. The number of non-ortho nitro benzene ring substituents is 1. The Morgan fingerprint density at radius 1 is 0.881 bits per heavy atom. The van der Waals surface area contributed by atoms with Crippen molar-refractivity contribution in [1.82, 2.24) is 4.90 Å². The molecule has 1 spiro atoms. The van der Waals surface area contributed by atoms with Gasteiger partial charge in [0.2, 0.25) is 5.91 Å². The second kappa shape index (κ2) is 9.34. The number of rotatable bonds is 5. The third kappa shape index (κ3) is 3.51. The highest BCUT2D eigenvalue weighted by molar-refractivity contribution is 6.16. The minimum atomic E-state index is -1.46. The largest absolute Gasteiger partial charge is 0.358 e. The Morgan fingerprint density at radius 2 is 1.62 bits per heavy atom. The number of anilines is 1. The van der Waals surface area contributed by atoms with Crippen LogP contribution >= 0.6 is 0 Å². The summed E-state index contributed by atoms with van der Waals surface area (Å²) in [7, 11) is 0. The number of nitro groups is 1. The average molecular weight is 556 g/mol. The molecule has 1 amide bonds. The van der Waals surface area contributed by atoms with Gasteiger partial charge >= 0.3 is 0 Å². The van der Waals surface area contributed by atoms with Crippen LogP contribution in [0.15, 0.2) is 103 Å². The highest BCUT2D eigenvalue weighted by atomic mass is 16.6. The molecule has 1 saturated heterocycles. The van der Waals surface area contributed by atoms with Crippen molar-refractivity contribution in [3.8, 4) is 0 Å². The molecule has 3 aliphatic heterocycles. The fourth-order valence-electron chi connectivity index (χ4n) is 7.01. The lowest BCUT2D eigenvalue weighted by atomic mass is 9.62. The number of para-hydroxylation sites is 1. The van der Waals surface area contributed by atoms with Crippen LogP contribution in [0.2, 0.25) is 0 Å². The van der Waals surface area contributed by atoms with Gasteiger partial charge in [0.1, 0.15) is 11.5 Å². The number of amides is 1. The van der Waals surface area contributed by atoms with Crippen LogP contribution in [0.25, 0.3) is 6.08 Å². The van der Waals surface area contributed by atoms with Crippen LogP contribution in [0.1, 0.15) is 49.0 Å². The van der Waals surface area contributed by atoms with Gasteiger partial charge in [0.05, 0.1) is 16.9 Å². The van der Waals surface area contributed by atoms with Gasteiger partial charge in [0.25, 0.3) is 5.69 Å². The van der Waals surface area contributed by atoms with Crippen molar-refractivity contribution in [2.45, 2.75) is 24.4 Å². The van der Waals surface area contributed by atoms with Gasteiger partial charge in [-0.3, -0.25) is 24.5 Å². The lowest BCUT2D eigenvalue weighted by molar-refractivity contribution is -0.384. The van der Waals surface area contributed by atoms with E-state index in [2.05, 4.69) is 5.32 Å². The second-order valence-corrected chi connectivity index (χ2v) is 11.0. The second-order valence-electron chi connectivity index (χ2n) is 11.0. The van der Waals surface area contributed by atoms with E-state index in [0.29, 0.717) is 16.8 Å². The number of ketones is 2. The summed E-state index contributed by atoms with van der Waals surface area (Å²) in [5.41, 5.74) is 2.73. The zero-order valence-corrected chi connectivity index (χ0v) is 22.6. The SMILES string of the molecule is Cc1ccc(C(=O)[C@@H]2[C@H](C(=O)c3cccc([N+](=O)[O-])c3)N3C=Cc4ccccc4[C@@H]3[C@@]23C(=O)Nc2ccccc23)cc1. The van der Waals surface area contributed by atoms with E-state index in [1.54, 1.807) is 24.4 Å². The van der Waals surface area contributed by atoms with Gasteiger partial charge in [-0.25, -0.2) is 0 Å². The van der Waals surface area contributed by atoms with Crippen molar-refractivity contribution in [1.29, 1.82) is 0 Å². The number of carbonyl (C=O) groups is 3. The van der Waals surface area contributed by atoms with Crippen LogP contribution < -0.4 is 5.32 Å². The molecule has 4 aromatic carbocycles. The summed E-state index contributed by atoms with van der Waals surface area (Å²) >= 11 is 0. The van der Waals surface area contributed by atoms with Crippen LogP contribution in [0.3, 0.4) is 0 Å². The number of hydrogen-bond acceptors (Lipinski definition) is 6. The summed E-state index contributed by atoms with van der Waals surface area (Å²) in [6.45, 7) is 1.92. The minimum Gasteiger partial charge on any atom is -0.358 e.